The maximum atomic E-state index is 13.5. The lowest BCUT2D eigenvalue weighted by Crippen LogP contribution is -2.31. The van der Waals surface area contributed by atoms with Crippen molar-refractivity contribution in [2.75, 3.05) is 20.8 Å². The highest BCUT2D eigenvalue weighted by Crippen LogP contribution is 2.29. The Kier molecular flexibility index (Phi) is 6.76. The molecule has 0 heterocycles. The highest BCUT2D eigenvalue weighted by Gasteiger charge is 2.17. The van der Waals surface area contributed by atoms with E-state index in [9.17, 15) is 14.0 Å². The third-order valence-electron chi connectivity index (χ3n) is 4.02. The fourth-order valence-corrected chi connectivity index (χ4v) is 2.47. The monoisotopic (exact) mass is 375 g/mol. The van der Waals surface area contributed by atoms with Crippen LogP contribution in [0.25, 0.3) is 0 Å². The van der Waals surface area contributed by atoms with E-state index in [2.05, 4.69) is 5.32 Å². The van der Waals surface area contributed by atoms with Crippen LogP contribution in [0.3, 0.4) is 0 Å². The number of rotatable bonds is 7. The number of benzene rings is 2. The second kappa shape index (κ2) is 9.02. The molecule has 7 heteroatoms. The zero-order chi connectivity index (χ0) is 20.0. The van der Waals surface area contributed by atoms with E-state index in [1.54, 1.807) is 39.2 Å². The molecule has 2 rings (SSSR count). The number of carbonyl (C=O) groups excluding carboxylic acids is 2. The Labute approximate surface area is 157 Å². The topological polar surface area (TPSA) is 73.9 Å². The minimum absolute atomic E-state index is 0.0495. The van der Waals surface area contributed by atoms with Gasteiger partial charge in [-0.15, -0.1) is 0 Å². The van der Waals surface area contributed by atoms with Gasteiger partial charge in [-0.2, -0.15) is 0 Å². The Balaban J connectivity index is 1.97. The van der Waals surface area contributed by atoms with Gasteiger partial charge in [-0.1, -0.05) is 6.07 Å². The second-order valence-electron chi connectivity index (χ2n) is 5.94. The molecular weight excluding hydrogens is 353 g/mol. The number of ether oxygens (including phenoxy) is 3. The van der Waals surface area contributed by atoms with Crippen LogP contribution in [0.4, 0.5) is 4.39 Å². The summed E-state index contributed by atoms with van der Waals surface area (Å²) in [7, 11) is 3.07. The average molecular weight is 375 g/mol. The lowest BCUT2D eigenvalue weighted by Gasteiger charge is -2.18. The first-order chi connectivity index (χ1) is 12.8. The van der Waals surface area contributed by atoms with Crippen molar-refractivity contribution in [1.29, 1.82) is 0 Å². The van der Waals surface area contributed by atoms with Gasteiger partial charge in [0.05, 0.1) is 25.8 Å². The van der Waals surface area contributed by atoms with Gasteiger partial charge in [0.2, 0.25) is 0 Å². The Hall–Kier alpha value is -3.09. The van der Waals surface area contributed by atoms with Crippen LogP contribution >= 0.6 is 0 Å². The van der Waals surface area contributed by atoms with Gasteiger partial charge < -0.3 is 19.5 Å². The van der Waals surface area contributed by atoms with Crippen LogP contribution in [0, 0.1) is 12.7 Å². The van der Waals surface area contributed by atoms with Crippen molar-refractivity contribution in [3.63, 3.8) is 0 Å². The molecule has 27 heavy (non-hydrogen) atoms. The zero-order valence-electron chi connectivity index (χ0n) is 15.7. The Bertz CT molecular complexity index is 837. The minimum Gasteiger partial charge on any atom is -0.497 e. The summed E-state index contributed by atoms with van der Waals surface area (Å²) in [5.74, 6) is -0.549. The molecule has 0 aromatic heterocycles. The summed E-state index contributed by atoms with van der Waals surface area (Å²) in [6.07, 6.45) is 0. The second-order valence-corrected chi connectivity index (χ2v) is 5.94. The molecule has 0 aliphatic heterocycles. The van der Waals surface area contributed by atoms with Crippen LogP contribution in [-0.4, -0.2) is 32.7 Å². The van der Waals surface area contributed by atoms with Crippen molar-refractivity contribution in [2.24, 2.45) is 0 Å². The molecule has 0 aliphatic carbocycles. The molecule has 0 saturated heterocycles. The molecule has 2 aromatic carbocycles. The van der Waals surface area contributed by atoms with E-state index >= 15 is 0 Å². The number of nitrogens with one attached hydrogen (secondary N) is 1. The van der Waals surface area contributed by atoms with Crippen LogP contribution in [0.1, 0.15) is 34.5 Å². The lowest BCUT2D eigenvalue weighted by atomic mass is 10.1. The van der Waals surface area contributed by atoms with Gasteiger partial charge >= 0.3 is 5.97 Å². The first kappa shape index (κ1) is 20.2. The van der Waals surface area contributed by atoms with Gasteiger partial charge in [-0.05, 0) is 49.7 Å². The Morgan fingerprint density at radius 1 is 1.11 bits per heavy atom. The summed E-state index contributed by atoms with van der Waals surface area (Å²) in [6.45, 7) is 2.88. The normalized spacial score (nSPS) is 11.4. The molecule has 0 aliphatic rings. The predicted molar refractivity (Wildman–Crippen MR) is 97.5 cm³/mol. The van der Waals surface area contributed by atoms with Crippen molar-refractivity contribution < 1.29 is 28.2 Å². The highest BCUT2D eigenvalue weighted by atomic mass is 19.1. The largest absolute Gasteiger partial charge is 0.497 e. The van der Waals surface area contributed by atoms with Crippen molar-refractivity contribution in [3.8, 4) is 11.5 Å². The summed E-state index contributed by atoms with van der Waals surface area (Å²) in [4.78, 5) is 24.1. The molecule has 1 amide bonds. The first-order valence-electron chi connectivity index (χ1n) is 8.30. The molecule has 2 aromatic rings. The molecule has 6 nitrogen and oxygen atoms in total. The maximum absolute atomic E-state index is 13.5. The molecule has 1 N–H and O–H groups in total. The van der Waals surface area contributed by atoms with E-state index in [0.717, 1.165) is 11.6 Å². The third kappa shape index (κ3) is 5.20. The van der Waals surface area contributed by atoms with Crippen molar-refractivity contribution in [3.05, 3.63) is 58.9 Å². The van der Waals surface area contributed by atoms with E-state index in [1.807, 2.05) is 0 Å². The highest BCUT2D eigenvalue weighted by molar-refractivity contribution is 5.91. The summed E-state index contributed by atoms with van der Waals surface area (Å²) < 4.78 is 29.0. The predicted octanol–water partition coefficient (Wildman–Crippen LogP) is 3.19. The van der Waals surface area contributed by atoms with Gasteiger partial charge in [-0.25, -0.2) is 9.18 Å². The number of amides is 1. The van der Waals surface area contributed by atoms with E-state index < -0.39 is 30.3 Å². The van der Waals surface area contributed by atoms with Crippen LogP contribution < -0.4 is 14.8 Å². The average Bonchev–Trinajstić information content (AvgIpc) is 2.67. The molecular formula is C20H22FNO5. The number of hydrogen-bond acceptors (Lipinski definition) is 5. The lowest BCUT2D eigenvalue weighted by molar-refractivity contribution is -0.124. The first-order valence-corrected chi connectivity index (χ1v) is 8.30. The van der Waals surface area contributed by atoms with Gasteiger partial charge in [0, 0.05) is 5.56 Å². The number of methoxy groups -OCH3 is 2. The number of halogens is 1. The number of carbonyl (C=O) groups is 2. The van der Waals surface area contributed by atoms with Gasteiger partial charge in [-0.3, -0.25) is 4.79 Å². The molecule has 0 spiro atoms. The number of esters is 1. The number of aryl methyl sites for hydroxylation is 1. The summed E-state index contributed by atoms with van der Waals surface area (Å²) in [5, 5.41) is 2.72. The number of hydrogen-bond donors (Lipinski definition) is 1. The summed E-state index contributed by atoms with van der Waals surface area (Å²) in [6, 6.07) is 8.84. The SMILES string of the molecule is COc1ccc(OC)c([C@H](C)NC(=O)COC(=O)c2ccc(C)c(F)c2)c1. The minimum atomic E-state index is -0.768. The molecule has 0 radical (unpaired) electrons. The van der Waals surface area contributed by atoms with Gasteiger partial charge in [0.25, 0.3) is 5.91 Å². The fourth-order valence-electron chi connectivity index (χ4n) is 2.47. The van der Waals surface area contributed by atoms with E-state index in [0.29, 0.717) is 17.1 Å². The fraction of sp³-hybridized carbons (Fsp3) is 0.300. The molecule has 144 valence electrons. The smallest absolute Gasteiger partial charge is 0.338 e. The third-order valence-corrected chi connectivity index (χ3v) is 4.02. The quantitative estimate of drug-likeness (QED) is 0.753. The molecule has 0 saturated carbocycles. The Morgan fingerprint density at radius 2 is 1.85 bits per heavy atom. The van der Waals surface area contributed by atoms with E-state index in [4.69, 9.17) is 14.2 Å². The molecule has 0 unspecified atom stereocenters. The van der Waals surface area contributed by atoms with Crippen LogP contribution in [-0.2, 0) is 9.53 Å². The summed E-state index contributed by atoms with van der Waals surface area (Å²) in [5.41, 5.74) is 1.19. The molecule has 0 fully saturated rings. The Morgan fingerprint density at radius 3 is 2.48 bits per heavy atom. The van der Waals surface area contributed by atoms with E-state index in [-0.39, 0.29) is 5.56 Å². The van der Waals surface area contributed by atoms with Gasteiger partial charge in [0.15, 0.2) is 6.61 Å². The van der Waals surface area contributed by atoms with Crippen LogP contribution in [0.15, 0.2) is 36.4 Å². The van der Waals surface area contributed by atoms with E-state index in [1.165, 1.54) is 19.2 Å². The van der Waals surface area contributed by atoms with Crippen LogP contribution in [0.2, 0.25) is 0 Å². The van der Waals surface area contributed by atoms with Crippen molar-refractivity contribution in [1.82, 2.24) is 5.32 Å². The molecule has 0 bridgehead atoms. The standard InChI is InChI=1S/C20H22FNO5/c1-12-5-6-14(9-17(12)21)20(24)27-11-19(23)22-13(2)16-10-15(25-3)7-8-18(16)26-4/h5-10,13H,11H2,1-4H3,(H,22,23)/t13-/m0/s1. The van der Waals surface area contributed by atoms with Gasteiger partial charge in [0.1, 0.15) is 17.3 Å². The maximum Gasteiger partial charge on any atom is 0.338 e. The van der Waals surface area contributed by atoms with Crippen molar-refractivity contribution >= 4 is 11.9 Å². The van der Waals surface area contributed by atoms with Crippen molar-refractivity contribution in [2.45, 2.75) is 19.9 Å². The van der Waals surface area contributed by atoms with Crippen LogP contribution in [0.5, 0.6) is 11.5 Å². The summed E-state index contributed by atoms with van der Waals surface area (Å²) >= 11 is 0. The zero-order valence-corrected chi connectivity index (χ0v) is 15.7. The molecule has 1 atom stereocenters.